The summed E-state index contributed by atoms with van der Waals surface area (Å²) in [5.41, 5.74) is 2.56. The topological polar surface area (TPSA) is 40.5 Å². The highest BCUT2D eigenvalue weighted by molar-refractivity contribution is 5.72. The number of benzene rings is 2. The highest BCUT2D eigenvalue weighted by Crippen LogP contribution is 2.34. The summed E-state index contributed by atoms with van der Waals surface area (Å²) in [7, 11) is 0. The zero-order chi connectivity index (χ0) is 11.5. The summed E-state index contributed by atoms with van der Waals surface area (Å²) in [5.74, 6) is 0.264. The maximum atomic E-state index is 9.80. The SMILES string of the molecule is CCc1cc(-c2ccccc2)c(O)cc1O. The van der Waals surface area contributed by atoms with Gasteiger partial charge in [0.1, 0.15) is 11.5 Å². The predicted molar refractivity (Wildman–Crippen MR) is 64.6 cm³/mol. The summed E-state index contributed by atoms with van der Waals surface area (Å²) in [4.78, 5) is 0. The van der Waals surface area contributed by atoms with Gasteiger partial charge in [0.15, 0.2) is 0 Å². The third-order valence-corrected chi connectivity index (χ3v) is 2.66. The molecule has 0 aliphatic rings. The van der Waals surface area contributed by atoms with Crippen LogP contribution in [-0.4, -0.2) is 10.2 Å². The molecule has 0 aliphatic carbocycles. The van der Waals surface area contributed by atoms with Gasteiger partial charge in [-0.25, -0.2) is 0 Å². The Morgan fingerprint density at radius 3 is 2.25 bits per heavy atom. The second-order valence-electron chi connectivity index (χ2n) is 3.72. The van der Waals surface area contributed by atoms with Crippen LogP contribution < -0.4 is 0 Å². The van der Waals surface area contributed by atoms with Crippen LogP contribution in [0.4, 0.5) is 0 Å². The fourth-order valence-electron chi connectivity index (χ4n) is 1.75. The van der Waals surface area contributed by atoms with Gasteiger partial charge in [-0.15, -0.1) is 0 Å². The molecule has 2 rings (SSSR count). The highest BCUT2D eigenvalue weighted by Gasteiger charge is 2.08. The Bertz CT molecular complexity index is 490. The van der Waals surface area contributed by atoms with E-state index in [1.807, 2.05) is 43.3 Å². The largest absolute Gasteiger partial charge is 0.508 e. The van der Waals surface area contributed by atoms with Crippen molar-refractivity contribution in [3.63, 3.8) is 0 Å². The molecular formula is C14H14O2. The van der Waals surface area contributed by atoms with Crippen molar-refractivity contribution in [3.8, 4) is 22.6 Å². The lowest BCUT2D eigenvalue weighted by Crippen LogP contribution is -1.85. The Labute approximate surface area is 94.8 Å². The molecule has 0 aromatic heterocycles. The molecular weight excluding hydrogens is 200 g/mol. The van der Waals surface area contributed by atoms with Crippen LogP contribution in [0.5, 0.6) is 11.5 Å². The van der Waals surface area contributed by atoms with Crippen molar-refractivity contribution in [1.82, 2.24) is 0 Å². The Morgan fingerprint density at radius 1 is 0.938 bits per heavy atom. The van der Waals surface area contributed by atoms with Crippen molar-refractivity contribution in [2.24, 2.45) is 0 Å². The molecule has 0 saturated carbocycles. The minimum absolute atomic E-state index is 0.112. The molecule has 16 heavy (non-hydrogen) atoms. The summed E-state index contributed by atoms with van der Waals surface area (Å²) in [6.45, 7) is 1.97. The standard InChI is InChI=1S/C14H14O2/c1-2-10-8-12(14(16)9-13(10)15)11-6-4-3-5-7-11/h3-9,15-16H,2H2,1H3. The third kappa shape index (κ3) is 1.87. The van der Waals surface area contributed by atoms with Gasteiger partial charge in [-0.3, -0.25) is 0 Å². The molecule has 0 amide bonds. The van der Waals surface area contributed by atoms with E-state index >= 15 is 0 Å². The van der Waals surface area contributed by atoms with Crippen LogP contribution in [0.25, 0.3) is 11.1 Å². The number of phenols is 2. The molecule has 0 aliphatic heterocycles. The van der Waals surface area contributed by atoms with Gasteiger partial charge in [-0.2, -0.15) is 0 Å². The van der Waals surface area contributed by atoms with Crippen LogP contribution in [0, 0.1) is 0 Å². The van der Waals surface area contributed by atoms with E-state index < -0.39 is 0 Å². The number of hydrogen-bond donors (Lipinski definition) is 2. The van der Waals surface area contributed by atoms with Crippen molar-refractivity contribution in [3.05, 3.63) is 48.0 Å². The molecule has 0 unspecified atom stereocenters. The van der Waals surface area contributed by atoms with E-state index in [2.05, 4.69) is 0 Å². The Morgan fingerprint density at radius 2 is 1.62 bits per heavy atom. The van der Waals surface area contributed by atoms with E-state index in [4.69, 9.17) is 0 Å². The zero-order valence-corrected chi connectivity index (χ0v) is 9.14. The van der Waals surface area contributed by atoms with E-state index in [-0.39, 0.29) is 11.5 Å². The number of rotatable bonds is 2. The van der Waals surface area contributed by atoms with E-state index in [1.165, 1.54) is 6.07 Å². The first-order chi connectivity index (χ1) is 7.72. The van der Waals surface area contributed by atoms with E-state index in [1.54, 1.807) is 0 Å². The molecule has 0 atom stereocenters. The molecule has 0 bridgehead atoms. The van der Waals surface area contributed by atoms with Crippen LogP contribution >= 0.6 is 0 Å². The molecule has 0 heterocycles. The van der Waals surface area contributed by atoms with E-state index in [9.17, 15) is 10.2 Å². The number of aryl methyl sites for hydroxylation is 1. The van der Waals surface area contributed by atoms with Crippen LogP contribution in [0.2, 0.25) is 0 Å². The third-order valence-electron chi connectivity index (χ3n) is 2.66. The van der Waals surface area contributed by atoms with Gasteiger partial charge in [0, 0.05) is 11.6 Å². The molecule has 0 spiro atoms. The van der Waals surface area contributed by atoms with Crippen molar-refractivity contribution < 1.29 is 10.2 Å². The van der Waals surface area contributed by atoms with Crippen LogP contribution in [0.15, 0.2) is 42.5 Å². The molecule has 2 heteroatoms. The van der Waals surface area contributed by atoms with Crippen molar-refractivity contribution in [1.29, 1.82) is 0 Å². The van der Waals surface area contributed by atoms with Crippen molar-refractivity contribution >= 4 is 0 Å². The second kappa shape index (κ2) is 4.27. The molecule has 0 fully saturated rings. The van der Waals surface area contributed by atoms with Gasteiger partial charge in [-0.1, -0.05) is 37.3 Å². The minimum Gasteiger partial charge on any atom is -0.508 e. The van der Waals surface area contributed by atoms with E-state index in [0.717, 1.165) is 23.1 Å². The molecule has 2 aromatic rings. The minimum atomic E-state index is 0.112. The molecule has 2 aromatic carbocycles. The first-order valence-electron chi connectivity index (χ1n) is 5.32. The van der Waals surface area contributed by atoms with Gasteiger partial charge in [0.25, 0.3) is 0 Å². The Hall–Kier alpha value is -1.96. The van der Waals surface area contributed by atoms with Crippen LogP contribution in [0.3, 0.4) is 0 Å². The van der Waals surface area contributed by atoms with Gasteiger partial charge in [0.2, 0.25) is 0 Å². The molecule has 0 saturated heterocycles. The number of aromatic hydroxyl groups is 2. The first kappa shape index (κ1) is 10.6. The van der Waals surface area contributed by atoms with Gasteiger partial charge in [-0.05, 0) is 23.6 Å². The molecule has 2 nitrogen and oxygen atoms in total. The molecule has 2 N–H and O–H groups in total. The average Bonchev–Trinajstić information content (AvgIpc) is 2.30. The summed E-state index contributed by atoms with van der Waals surface area (Å²) in [5, 5.41) is 19.4. The molecule has 0 radical (unpaired) electrons. The lowest BCUT2D eigenvalue weighted by molar-refractivity contribution is 0.447. The predicted octanol–water partition coefficient (Wildman–Crippen LogP) is 3.33. The fraction of sp³-hybridized carbons (Fsp3) is 0.143. The Kier molecular flexibility index (Phi) is 2.82. The van der Waals surface area contributed by atoms with Crippen LogP contribution in [-0.2, 0) is 6.42 Å². The summed E-state index contributed by atoms with van der Waals surface area (Å²) in [6, 6.07) is 12.9. The summed E-state index contributed by atoms with van der Waals surface area (Å²) < 4.78 is 0. The quantitative estimate of drug-likeness (QED) is 0.805. The van der Waals surface area contributed by atoms with Crippen molar-refractivity contribution in [2.45, 2.75) is 13.3 Å². The summed E-state index contributed by atoms with van der Waals surface area (Å²) in [6.07, 6.45) is 0.742. The summed E-state index contributed by atoms with van der Waals surface area (Å²) >= 11 is 0. The van der Waals surface area contributed by atoms with Crippen LogP contribution in [0.1, 0.15) is 12.5 Å². The lowest BCUT2D eigenvalue weighted by atomic mass is 10.0. The monoisotopic (exact) mass is 214 g/mol. The van der Waals surface area contributed by atoms with Crippen molar-refractivity contribution in [2.75, 3.05) is 0 Å². The second-order valence-corrected chi connectivity index (χ2v) is 3.72. The average molecular weight is 214 g/mol. The lowest BCUT2D eigenvalue weighted by Gasteiger charge is -2.09. The number of phenolic OH excluding ortho intramolecular Hbond substituents is 2. The van der Waals surface area contributed by atoms with Gasteiger partial charge >= 0.3 is 0 Å². The maximum Gasteiger partial charge on any atom is 0.127 e. The zero-order valence-electron chi connectivity index (χ0n) is 9.14. The maximum absolute atomic E-state index is 9.80. The van der Waals surface area contributed by atoms with E-state index in [0.29, 0.717) is 0 Å². The number of hydrogen-bond acceptors (Lipinski definition) is 2. The Balaban J connectivity index is 2.57. The highest BCUT2D eigenvalue weighted by atomic mass is 16.3. The normalized spacial score (nSPS) is 10.3. The fourth-order valence-corrected chi connectivity index (χ4v) is 1.75. The molecule has 82 valence electrons. The van der Waals surface area contributed by atoms with Gasteiger partial charge < -0.3 is 10.2 Å². The first-order valence-corrected chi connectivity index (χ1v) is 5.32. The van der Waals surface area contributed by atoms with Gasteiger partial charge in [0.05, 0.1) is 0 Å². The smallest absolute Gasteiger partial charge is 0.127 e.